The van der Waals surface area contributed by atoms with Gasteiger partial charge >= 0.3 is 0 Å². The Morgan fingerprint density at radius 3 is 2.60 bits per heavy atom. The molecular formula is C19H25NO3S2. The Hall–Kier alpha value is -1.37. The van der Waals surface area contributed by atoms with Gasteiger partial charge < -0.3 is 4.74 Å². The van der Waals surface area contributed by atoms with Gasteiger partial charge in [-0.2, -0.15) is 11.3 Å². The minimum absolute atomic E-state index is 0.0621. The summed E-state index contributed by atoms with van der Waals surface area (Å²) in [5.41, 5.74) is 2.03. The van der Waals surface area contributed by atoms with Crippen molar-refractivity contribution in [1.29, 1.82) is 0 Å². The number of thiophene rings is 1. The number of ether oxygens (including phenoxy) is 1. The minimum atomic E-state index is -3.53. The summed E-state index contributed by atoms with van der Waals surface area (Å²) in [7, 11) is -3.53. The standard InChI is InChI=1S/C19H25NO3S2/c1-3-23-18-7-6-17(12-15(18)2)25(21,22)20-14-19(9-4-5-10-19)16-8-11-24-13-16/h6-8,11-13,20H,3-5,9-10,14H2,1-2H3. The molecule has 1 aliphatic rings. The van der Waals surface area contributed by atoms with Crippen LogP contribution in [0.1, 0.15) is 43.7 Å². The van der Waals surface area contributed by atoms with Gasteiger partial charge in [-0.3, -0.25) is 0 Å². The first-order chi connectivity index (χ1) is 12.0. The average molecular weight is 380 g/mol. The summed E-state index contributed by atoms with van der Waals surface area (Å²) in [6, 6.07) is 7.16. The summed E-state index contributed by atoms with van der Waals surface area (Å²) < 4.78 is 33.9. The zero-order chi connectivity index (χ0) is 17.9. The van der Waals surface area contributed by atoms with E-state index in [1.807, 2.05) is 13.8 Å². The lowest BCUT2D eigenvalue weighted by atomic mass is 9.81. The maximum absolute atomic E-state index is 12.8. The third-order valence-corrected chi connectivity index (χ3v) is 7.13. The lowest BCUT2D eigenvalue weighted by Gasteiger charge is -2.28. The molecule has 0 spiro atoms. The molecule has 1 aromatic carbocycles. The van der Waals surface area contributed by atoms with Gasteiger partial charge in [0.05, 0.1) is 11.5 Å². The molecule has 0 atom stereocenters. The van der Waals surface area contributed by atoms with Crippen molar-refractivity contribution < 1.29 is 13.2 Å². The van der Waals surface area contributed by atoms with Gasteiger partial charge in [0.25, 0.3) is 0 Å². The number of nitrogens with one attached hydrogen (secondary N) is 1. The third kappa shape index (κ3) is 3.91. The van der Waals surface area contributed by atoms with E-state index < -0.39 is 10.0 Å². The molecule has 136 valence electrons. The topological polar surface area (TPSA) is 55.4 Å². The van der Waals surface area contributed by atoms with Gasteiger partial charge in [-0.05, 0) is 72.8 Å². The SMILES string of the molecule is CCOc1ccc(S(=O)(=O)NCC2(c3ccsc3)CCCC2)cc1C. The normalized spacial score (nSPS) is 16.9. The monoisotopic (exact) mass is 379 g/mol. The van der Waals surface area contributed by atoms with Crippen LogP contribution in [0, 0.1) is 6.92 Å². The quantitative estimate of drug-likeness (QED) is 0.783. The number of benzene rings is 1. The molecule has 3 rings (SSSR count). The Bertz CT molecular complexity index is 807. The van der Waals surface area contributed by atoms with Crippen molar-refractivity contribution in [3.63, 3.8) is 0 Å². The summed E-state index contributed by atoms with van der Waals surface area (Å²) in [6.07, 6.45) is 4.38. The van der Waals surface area contributed by atoms with Crippen molar-refractivity contribution in [2.45, 2.75) is 49.8 Å². The lowest BCUT2D eigenvalue weighted by molar-refractivity contribution is 0.337. The molecule has 1 aromatic heterocycles. The summed E-state index contributed by atoms with van der Waals surface area (Å²) in [5.74, 6) is 0.729. The molecule has 1 N–H and O–H groups in total. The van der Waals surface area contributed by atoms with Crippen LogP contribution in [0.25, 0.3) is 0 Å². The minimum Gasteiger partial charge on any atom is -0.494 e. The number of hydrogen-bond acceptors (Lipinski definition) is 4. The summed E-state index contributed by atoms with van der Waals surface area (Å²) in [5, 5.41) is 4.22. The van der Waals surface area contributed by atoms with E-state index in [2.05, 4.69) is 21.5 Å². The van der Waals surface area contributed by atoms with Crippen molar-refractivity contribution >= 4 is 21.4 Å². The summed E-state index contributed by atoms with van der Waals surface area (Å²) >= 11 is 1.67. The van der Waals surface area contributed by atoms with Gasteiger partial charge in [-0.25, -0.2) is 13.1 Å². The van der Waals surface area contributed by atoms with E-state index in [1.165, 1.54) is 5.56 Å². The maximum atomic E-state index is 12.8. The number of sulfonamides is 1. The first-order valence-electron chi connectivity index (χ1n) is 8.73. The second kappa shape index (κ2) is 7.48. The van der Waals surface area contributed by atoms with Crippen molar-refractivity contribution in [3.05, 3.63) is 46.2 Å². The molecule has 0 amide bonds. The molecule has 0 aliphatic heterocycles. The third-order valence-electron chi connectivity index (χ3n) is 5.05. The second-order valence-electron chi connectivity index (χ2n) is 6.68. The van der Waals surface area contributed by atoms with Crippen LogP contribution in [0.5, 0.6) is 5.75 Å². The molecular weight excluding hydrogens is 354 g/mol. The Labute approximate surface area is 154 Å². The average Bonchev–Trinajstić information content (AvgIpc) is 3.27. The molecule has 1 aliphatic carbocycles. The fraction of sp³-hybridized carbons (Fsp3) is 0.474. The Balaban J connectivity index is 1.78. The molecule has 25 heavy (non-hydrogen) atoms. The number of aryl methyl sites for hydroxylation is 1. The molecule has 4 nitrogen and oxygen atoms in total. The highest BCUT2D eigenvalue weighted by molar-refractivity contribution is 7.89. The van der Waals surface area contributed by atoms with Gasteiger partial charge in [-0.1, -0.05) is 12.8 Å². The van der Waals surface area contributed by atoms with Crippen LogP contribution in [0.2, 0.25) is 0 Å². The smallest absolute Gasteiger partial charge is 0.240 e. The first-order valence-corrected chi connectivity index (χ1v) is 11.2. The highest BCUT2D eigenvalue weighted by Crippen LogP contribution is 2.41. The van der Waals surface area contributed by atoms with Crippen molar-refractivity contribution in [2.75, 3.05) is 13.2 Å². The van der Waals surface area contributed by atoms with Crippen LogP contribution in [0.4, 0.5) is 0 Å². The van der Waals surface area contributed by atoms with E-state index >= 15 is 0 Å². The number of rotatable bonds is 7. The molecule has 1 saturated carbocycles. The zero-order valence-electron chi connectivity index (χ0n) is 14.7. The maximum Gasteiger partial charge on any atom is 0.240 e. The van der Waals surface area contributed by atoms with Crippen LogP contribution in [-0.2, 0) is 15.4 Å². The van der Waals surface area contributed by atoms with Gasteiger partial charge in [0.1, 0.15) is 5.75 Å². The highest BCUT2D eigenvalue weighted by Gasteiger charge is 2.37. The van der Waals surface area contributed by atoms with E-state index in [0.29, 0.717) is 18.0 Å². The fourth-order valence-corrected chi connectivity index (χ4v) is 5.60. The zero-order valence-corrected chi connectivity index (χ0v) is 16.4. The highest BCUT2D eigenvalue weighted by atomic mass is 32.2. The summed E-state index contributed by atoms with van der Waals surface area (Å²) in [4.78, 5) is 0.298. The molecule has 0 radical (unpaired) electrons. The van der Waals surface area contributed by atoms with Gasteiger partial charge in [0, 0.05) is 12.0 Å². The predicted molar refractivity (Wildman–Crippen MR) is 102 cm³/mol. The second-order valence-corrected chi connectivity index (χ2v) is 9.23. The Morgan fingerprint density at radius 1 is 1.24 bits per heavy atom. The molecule has 1 fully saturated rings. The van der Waals surface area contributed by atoms with Crippen LogP contribution in [0.3, 0.4) is 0 Å². The fourth-order valence-electron chi connectivity index (χ4n) is 3.61. The van der Waals surface area contributed by atoms with Gasteiger partial charge in [-0.15, -0.1) is 0 Å². The van der Waals surface area contributed by atoms with Crippen LogP contribution in [0.15, 0.2) is 39.9 Å². The van der Waals surface area contributed by atoms with Crippen molar-refractivity contribution in [1.82, 2.24) is 4.72 Å². The molecule has 1 heterocycles. The molecule has 0 bridgehead atoms. The van der Waals surface area contributed by atoms with Gasteiger partial charge in [0.15, 0.2) is 0 Å². The molecule has 0 saturated heterocycles. The van der Waals surface area contributed by atoms with E-state index in [0.717, 1.165) is 37.0 Å². The first kappa shape index (κ1) is 18.4. The van der Waals surface area contributed by atoms with E-state index in [-0.39, 0.29) is 5.41 Å². The van der Waals surface area contributed by atoms with Gasteiger partial charge in [0.2, 0.25) is 10.0 Å². The Kier molecular flexibility index (Phi) is 5.51. The van der Waals surface area contributed by atoms with E-state index in [4.69, 9.17) is 4.74 Å². The molecule has 0 unspecified atom stereocenters. The van der Waals surface area contributed by atoms with Crippen molar-refractivity contribution in [3.8, 4) is 5.75 Å². The molecule has 2 aromatic rings. The van der Waals surface area contributed by atoms with Crippen LogP contribution >= 0.6 is 11.3 Å². The summed E-state index contributed by atoms with van der Waals surface area (Å²) in [6.45, 7) is 4.80. The predicted octanol–water partition coefficient (Wildman–Crippen LogP) is 4.25. The van der Waals surface area contributed by atoms with Crippen molar-refractivity contribution in [2.24, 2.45) is 0 Å². The van der Waals surface area contributed by atoms with Crippen LogP contribution in [-0.4, -0.2) is 21.6 Å². The molecule has 6 heteroatoms. The number of hydrogen-bond donors (Lipinski definition) is 1. The lowest BCUT2D eigenvalue weighted by Crippen LogP contribution is -2.38. The van der Waals surface area contributed by atoms with E-state index in [1.54, 1.807) is 29.5 Å². The van der Waals surface area contributed by atoms with E-state index in [9.17, 15) is 8.42 Å². The van der Waals surface area contributed by atoms with Crippen LogP contribution < -0.4 is 9.46 Å². The Morgan fingerprint density at radius 2 is 2.00 bits per heavy atom. The largest absolute Gasteiger partial charge is 0.494 e.